The van der Waals surface area contributed by atoms with Crippen LogP contribution in [0.1, 0.15) is 44.8 Å². The quantitative estimate of drug-likeness (QED) is 0.832. The number of carbonyl (C=O) groups excluding carboxylic acids is 2. The summed E-state index contributed by atoms with van der Waals surface area (Å²) >= 11 is 0. The van der Waals surface area contributed by atoms with Gasteiger partial charge in [0.15, 0.2) is 0 Å². The normalized spacial score (nSPS) is 17.1. The fourth-order valence-electron chi connectivity index (χ4n) is 3.87. The van der Waals surface area contributed by atoms with Crippen molar-refractivity contribution >= 4 is 11.8 Å². The van der Waals surface area contributed by atoms with Gasteiger partial charge in [-0.3, -0.25) is 14.3 Å². The van der Waals surface area contributed by atoms with Crippen LogP contribution in [0.3, 0.4) is 0 Å². The van der Waals surface area contributed by atoms with Gasteiger partial charge in [-0.15, -0.1) is 0 Å². The van der Waals surface area contributed by atoms with Crippen molar-refractivity contribution in [3.05, 3.63) is 52.8 Å². The Morgan fingerprint density at radius 3 is 2.23 bits per heavy atom. The predicted molar refractivity (Wildman–Crippen MR) is 98.2 cm³/mol. The van der Waals surface area contributed by atoms with Crippen LogP contribution in [0.5, 0.6) is 0 Å². The van der Waals surface area contributed by atoms with Crippen molar-refractivity contribution in [1.82, 2.24) is 19.6 Å². The first kappa shape index (κ1) is 16.8. The van der Waals surface area contributed by atoms with Gasteiger partial charge in [0.1, 0.15) is 0 Å². The molecule has 1 saturated heterocycles. The number of carbonyl (C=O) groups is 2. The first-order valence-corrected chi connectivity index (χ1v) is 9.34. The fraction of sp³-hybridized carbons (Fsp3) is 0.450. The molecule has 0 aliphatic carbocycles. The number of fused-ring (bicyclic) bond motifs is 1. The zero-order chi connectivity index (χ0) is 18.1. The van der Waals surface area contributed by atoms with E-state index in [1.807, 2.05) is 45.7 Å². The van der Waals surface area contributed by atoms with Crippen molar-refractivity contribution in [2.24, 2.45) is 0 Å². The third kappa shape index (κ3) is 3.00. The molecule has 2 aromatic rings. The molecular weight excluding hydrogens is 328 g/mol. The highest BCUT2D eigenvalue weighted by Crippen LogP contribution is 2.20. The molecule has 6 nitrogen and oxygen atoms in total. The third-order valence-electron chi connectivity index (χ3n) is 5.44. The molecule has 26 heavy (non-hydrogen) atoms. The molecule has 0 bridgehead atoms. The van der Waals surface area contributed by atoms with E-state index in [1.54, 1.807) is 6.20 Å². The van der Waals surface area contributed by atoms with Crippen LogP contribution in [0.2, 0.25) is 0 Å². The van der Waals surface area contributed by atoms with Crippen molar-refractivity contribution in [2.45, 2.75) is 32.7 Å². The zero-order valence-corrected chi connectivity index (χ0v) is 15.1. The summed E-state index contributed by atoms with van der Waals surface area (Å²) in [5.41, 5.74) is 3.54. The van der Waals surface area contributed by atoms with Gasteiger partial charge in [-0.05, 0) is 37.8 Å². The van der Waals surface area contributed by atoms with Gasteiger partial charge in [-0.25, -0.2) is 0 Å². The van der Waals surface area contributed by atoms with E-state index in [2.05, 4.69) is 5.10 Å². The predicted octanol–water partition coefficient (Wildman–Crippen LogP) is 2.13. The number of amides is 2. The summed E-state index contributed by atoms with van der Waals surface area (Å²) in [5.74, 6) is 0.106. The molecule has 0 atom stereocenters. The number of aryl methyl sites for hydroxylation is 2. The van der Waals surface area contributed by atoms with E-state index in [4.69, 9.17) is 0 Å². The van der Waals surface area contributed by atoms with Crippen molar-refractivity contribution < 1.29 is 9.59 Å². The summed E-state index contributed by atoms with van der Waals surface area (Å²) < 4.78 is 1.97. The summed E-state index contributed by atoms with van der Waals surface area (Å²) in [4.78, 5) is 29.3. The minimum atomic E-state index is 0.0520. The number of hydrogen-bond acceptors (Lipinski definition) is 3. The molecule has 2 aliphatic rings. The number of benzene rings is 1. The highest BCUT2D eigenvalue weighted by atomic mass is 16.2. The number of piperazine rings is 1. The summed E-state index contributed by atoms with van der Waals surface area (Å²) in [7, 11) is 0. The van der Waals surface area contributed by atoms with Gasteiger partial charge in [0.05, 0.1) is 17.5 Å². The second kappa shape index (κ2) is 6.94. The molecule has 0 saturated carbocycles. The lowest BCUT2D eigenvalue weighted by molar-refractivity contribution is 0.0534. The van der Waals surface area contributed by atoms with Crippen LogP contribution in [0.25, 0.3) is 0 Å². The summed E-state index contributed by atoms with van der Waals surface area (Å²) in [6.07, 6.45) is 4.88. The Morgan fingerprint density at radius 1 is 0.885 bits per heavy atom. The molecule has 1 aromatic carbocycles. The topological polar surface area (TPSA) is 58.4 Å². The highest BCUT2D eigenvalue weighted by molar-refractivity contribution is 5.97. The Labute approximate surface area is 153 Å². The summed E-state index contributed by atoms with van der Waals surface area (Å²) in [6, 6.07) is 7.66. The Bertz CT molecular complexity index is 834. The number of aromatic nitrogens is 2. The third-order valence-corrected chi connectivity index (χ3v) is 5.44. The lowest BCUT2D eigenvalue weighted by Gasteiger charge is -2.35. The first-order valence-electron chi connectivity index (χ1n) is 9.34. The maximum absolute atomic E-state index is 12.9. The van der Waals surface area contributed by atoms with Crippen LogP contribution in [0.15, 0.2) is 30.5 Å². The van der Waals surface area contributed by atoms with Crippen molar-refractivity contribution in [1.29, 1.82) is 0 Å². The first-order chi connectivity index (χ1) is 12.6. The molecule has 4 rings (SSSR count). The zero-order valence-electron chi connectivity index (χ0n) is 15.1. The van der Waals surface area contributed by atoms with Crippen LogP contribution in [0.4, 0.5) is 0 Å². The van der Waals surface area contributed by atoms with E-state index in [0.717, 1.165) is 48.2 Å². The smallest absolute Gasteiger partial charge is 0.257 e. The average Bonchev–Trinajstić information content (AvgIpc) is 3.11. The van der Waals surface area contributed by atoms with Gasteiger partial charge in [0.2, 0.25) is 0 Å². The molecule has 2 aliphatic heterocycles. The van der Waals surface area contributed by atoms with E-state index >= 15 is 0 Å². The van der Waals surface area contributed by atoms with Crippen molar-refractivity contribution in [3.63, 3.8) is 0 Å². The highest BCUT2D eigenvalue weighted by Gasteiger charge is 2.28. The molecule has 0 unspecified atom stereocenters. The van der Waals surface area contributed by atoms with Gasteiger partial charge >= 0.3 is 0 Å². The van der Waals surface area contributed by atoms with E-state index in [0.29, 0.717) is 26.2 Å². The van der Waals surface area contributed by atoms with Crippen LogP contribution < -0.4 is 0 Å². The van der Waals surface area contributed by atoms with E-state index in [1.165, 1.54) is 0 Å². The molecule has 1 aromatic heterocycles. The molecule has 0 N–H and O–H groups in total. The van der Waals surface area contributed by atoms with Crippen LogP contribution >= 0.6 is 0 Å². The minimum absolute atomic E-state index is 0.0520. The Morgan fingerprint density at radius 2 is 1.54 bits per heavy atom. The summed E-state index contributed by atoms with van der Waals surface area (Å²) in [5, 5.41) is 4.37. The Balaban J connectivity index is 1.42. The van der Waals surface area contributed by atoms with Gasteiger partial charge < -0.3 is 9.80 Å². The summed E-state index contributed by atoms with van der Waals surface area (Å²) in [6.45, 7) is 5.14. The monoisotopic (exact) mass is 352 g/mol. The second-order valence-corrected chi connectivity index (χ2v) is 7.08. The molecule has 136 valence electrons. The fourth-order valence-corrected chi connectivity index (χ4v) is 3.87. The lowest BCUT2D eigenvalue weighted by Crippen LogP contribution is -2.50. The SMILES string of the molecule is Cc1ccccc1C(=O)N1CCN(C(=O)c2cnn3c2CCCC3)CC1. The maximum Gasteiger partial charge on any atom is 0.257 e. The molecular formula is C20H24N4O2. The number of rotatable bonds is 2. The largest absolute Gasteiger partial charge is 0.335 e. The van der Waals surface area contributed by atoms with Crippen LogP contribution in [-0.4, -0.2) is 57.6 Å². The molecule has 3 heterocycles. The number of nitrogens with zero attached hydrogens (tertiary/aromatic N) is 4. The standard InChI is InChI=1S/C20H24N4O2/c1-15-6-2-3-7-16(15)19(25)22-10-12-23(13-11-22)20(26)17-14-21-24-9-5-4-8-18(17)24/h2-3,6-7,14H,4-5,8-13H2,1H3. The van der Waals surface area contributed by atoms with E-state index in [-0.39, 0.29) is 11.8 Å². The lowest BCUT2D eigenvalue weighted by atomic mass is 10.1. The van der Waals surface area contributed by atoms with E-state index < -0.39 is 0 Å². The minimum Gasteiger partial charge on any atom is -0.335 e. The van der Waals surface area contributed by atoms with Crippen molar-refractivity contribution in [3.8, 4) is 0 Å². The molecule has 0 radical (unpaired) electrons. The maximum atomic E-state index is 12.9. The molecule has 6 heteroatoms. The Kier molecular flexibility index (Phi) is 4.49. The molecule has 1 fully saturated rings. The van der Waals surface area contributed by atoms with Gasteiger partial charge in [0.25, 0.3) is 11.8 Å². The van der Waals surface area contributed by atoms with Gasteiger partial charge in [-0.2, -0.15) is 5.10 Å². The molecule has 0 spiro atoms. The van der Waals surface area contributed by atoms with Crippen molar-refractivity contribution in [2.75, 3.05) is 26.2 Å². The second-order valence-electron chi connectivity index (χ2n) is 7.08. The average molecular weight is 352 g/mol. The van der Waals surface area contributed by atoms with E-state index in [9.17, 15) is 9.59 Å². The Hall–Kier alpha value is -2.63. The van der Waals surface area contributed by atoms with Crippen LogP contribution in [-0.2, 0) is 13.0 Å². The molecule has 2 amide bonds. The number of hydrogen-bond donors (Lipinski definition) is 0. The van der Waals surface area contributed by atoms with Gasteiger partial charge in [0, 0.05) is 38.3 Å². The van der Waals surface area contributed by atoms with Crippen LogP contribution in [0, 0.1) is 6.92 Å². The van der Waals surface area contributed by atoms with Gasteiger partial charge in [-0.1, -0.05) is 18.2 Å².